The van der Waals surface area contributed by atoms with E-state index < -0.39 is 35.5 Å². The van der Waals surface area contributed by atoms with Crippen LogP contribution in [0, 0.1) is 17.5 Å². The van der Waals surface area contributed by atoms with Gasteiger partial charge in [-0.25, -0.2) is 22.9 Å². The maximum atomic E-state index is 13.7. The van der Waals surface area contributed by atoms with Gasteiger partial charge in [-0.1, -0.05) is 30.3 Å². The Hall–Kier alpha value is -2.83. The molecular weight excluding hydrogens is 347 g/mol. The third kappa shape index (κ3) is 3.87. The van der Waals surface area contributed by atoms with E-state index in [9.17, 15) is 22.8 Å². The lowest BCUT2D eigenvalue weighted by Gasteiger charge is -2.19. The minimum absolute atomic E-state index is 0.0823. The van der Waals surface area contributed by atoms with Crippen LogP contribution in [0.3, 0.4) is 0 Å². The summed E-state index contributed by atoms with van der Waals surface area (Å²) in [6.07, 6.45) is -0.675. The van der Waals surface area contributed by atoms with Crippen LogP contribution in [0.25, 0.3) is 0 Å². The average Bonchev–Trinajstić information content (AvgIpc) is 2.98. The van der Waals surface area contributed by atoms with Crippen molar-refractivity contribution >= 4 is 12.0 Å². The van der Waals surface area contributed by atoms with Crippen LogP contribution in [0.5, 0.6) is 0 Å². The Balaban J connectivity index is 1.67. The highest BCUT2D eigenvalue weighted by Gasteiger charge is 2.37. The minimum Gasteiger partial charge on any atom is -0.447 e. The largest absolute Gasteiger partial charge is 0.447 e. The fourth-order valence-electron chi connectivity index (χ4n) is 2.92. The van der Waals surface area contributed by atoms with Gasteiger partial charge in [-0.05, 0) is 30.0 Å². The quantitative estimate of drug-likeness (QED) is 0.762. The Kier molecular flexibility index (Phi) is 5.25. The average molecular weight is 363 g/mol. The lowest BCUT2D eigenvalue weighted by atomic mass is 10.0. The summed E-state index contributed by atoms with van der Waals surface area (Å²) in [4.78, 5) is 25.3. The van der Waals surface area contributed by atoms with Crippen molar-refractivity contribution in [3.8, 4) is 0 Å². The lowest BCUT2D eigenvalue weighted by Crippen LogP contribution is -2.40. The number of carbonyl (C=O) groups excluding carboxylic acids is 2. The van der Waals surface area contributed by atoms with E-state index in [0.29, 0.717) is 12.5 Å². The number of amides is 2. The normalized spacial score (nSPS) is 16.7. The first kappa shape index (κ1) is 18.0. The molecule has 1 saturated heterocycles. The van der Waals surface area contributed by atoms with Gasteiger partial charge in [-0.2, -0.15) is 0 Å². The Bertz CT molecular complexity index is 826. The van der Waals surface area contributed by atoms with Crippen LogP contribution >= 0.6 is 0 Å². The van der Waals surface area contributed by atoms with Gasteiger partial charge >= 0.3 is 6.09 Å². The van der Waals surface area contributed by atoms with Gasteiger partial charge < -0.3 is 4.74 Å². The van der Waals surface area contributed by atoms with Crippen LogP contribution in [-0.2, 0) is 22.4 Å². The van der Waals surface area contributed by atoms with Gasteiger partial charge in [-0.15, -0.1) is 0 Å². The van der Waals surface area contributed by atoms with E-state index in [1.165, 1.54) is 0 Å². The zero-order valence-electron chi connectivity index (χ0n) is 13.8. The van der Waals surface area contributed by atoms with E-state index >= 15 is 0 Å². The molecule has 0 aliphatic carbocycles. The van der Waals surface area contributed by atoms with Gasteiger partial charge in [-0.3, -0.25) is 4.79 Å². The van der Waals surface area contributed by atoms with Crippen molar-refractivity contribution in [1.82, 2.24) is 4.90 Å². The summed E-state index contributed by atoms with van der Waals surface area (Å²) >= 11 is 0. The van der Waals surface area contributed by atoms with Crippen LogP contribution in [0.2, 0.25) is 0 Å². The van der Waals surface area contributed by atoms with Crippen molar-refractivity contribution < 1.29 is 27.5 Å². The van der Waals surface area contributed by atoms with Crippen molar-refractivity contribution in [2.75, 3.05) is 6.61 Å². The van der Waals surface area contributed by atoms with E-state index in [4.69, 9.17) is 4.74 Å². The molecule has 26 heavy (non-hydrogen) atoms. The molecule has 0 spiro atoms. The molecule has 0 bridgehead atoms. The highest BCUT2D eigenvalue weighted by molar-refractivity contribution is 5.93. The van der Waals surface area contributed by atoms with Crippen molar-refractivity contribution in [3.63, 3.8) is 0 Å². The van der Waals surface area contributed by atoms with Crippen molar-refractivity contribution in [3.05, 3.63) is 71.0 Å². The van der Waals surface area contributed by atoms with Gasteiger partial charge in [0.15, 0.2) is 11.6 Å². The number of benzene rings is 2. The second-order valence-corrected chi connectivity index (χ2v) is 6.04. The maximum Gasteiger partial charge on any atom is 0.416 e. The van der Waals surface area contributed by atoms with E-state index in [1.807, 2.05) is 30.3 Å². The molecule has 1 aliphatic heterocycles. The highest BCUT2D eigenvalue weighted by Crippen LogP contribution is 2.20. The zero-order chi connectivity index (χ0) is 18.7. The SMILES string of the molecule is O=C(CCc1cc(F)c(F)cc1F)N1C(=O)OCC1Cc1ccccc1. The molecule has 1 fully saturated rings. The molecule has 4 nitrogen and oxygen atoms in total. The number of halogens is 3. The van der Waals surface area contributed by atoms with Crippen LogP contribution in [0.1, 0.15) is 17.5 Å². The first-order chi connectivity index (χ1) is 12.5. The Morgan fingerprint density at radius 1 is 1.08 bits per heavy atom. The predicted octanol–water partition coefficient (Wildman–Crippen LogP) is 3.63. The Morgan fingerprint density at radius 3 is 2.50 bits per heavy atom. The summed E-state index contributed by atoms with van der Waals surface area (Å²) in [6, 6.07) is 10.0. The van der Waals surface area contributed by atoms with Gasteiger partial charge in [0, 0.05) is 12.5 Å². The van der Waals surface area contributed by atoms with Gasteiger partial charge in [0.1, 0.15) is 12.4 Å². The molecule has 1 unspecified atom stereocenters. The van der Waals surface area contributed by atoms with E-state index in [-0.39, 0.29) is 25.0 Å². The number of cyclic esters (lactones) is 1. The summed E-state index contributed by atoms with van der Waals surface area (Å²) in [6.45, 7) is 0.0823. The third-order valence-corrected chi connectivity index (χ3v) is 4.24. The Labute approximate surface area is 148 Å². The monoisotopic (exact) mass is 363 g/mol. The van der Waals surface area contributed by atoms with Crippen LogP contribution in [0.15, 0.2) is 42.5 Å². The second kappa shape index (κ2) is 7.59. The van der Waals surface area contributed by atoms with Crippen molar-refractivity contribution in [2.45, 2.75) is 25.3 Å². The maximum absolute atomic E-state index is 13.7. The fourth-order valence-corrected chi connectivity index (χ4v) is 2.92. The number of rotatable bonds is 5. The molecule has 0 radical (unpaired) electrons. The number of hydrogen-bond donors (Lipinski definition) is 0. The van der Waals surface area contributed by atoms with Crippen LogP contribution in [0.4, 0.5) is 18.0 Å². The molecule has 2 aromatic rings. The minimum atomic E-state index is -1.29. The number of aryl methyl sites for hydroxylation is 1. The van der Waals surface area contributed by atoms with Crippen LogP contribution in [-0.4, -0.2) is 29.5 Å². The first-order valence-electron chi connectivity index (χ1n) is 8.12. The first-order valence-corrected chi connectivity index (χ1v) is 8.12. The summed E-state index contributed by atoms with van der Waals surface area (Å²) in [5.74, 6) is -3.95. The summed E-state index contributed by atoms with van der Waals surface area (Å²) in [5, 5.41) is 0. The summed E-state index contributed by atoms with van der Waals surface area (Å²) in [5.41, 5.74) is 0.824. The van der Waals surface area contributed by atoms with E-state index in [2.05, 4.69) is 0 Å². The smallest absolute Gasteiger partial charge is 0.416 e. The molecule has 136 valence electrons. The Morgan fingerprint density at radius 2 is 1.77 bits per heavy atom. The number of hydrogen-bond acceptors (Lipinski definition) is 3. The standard InChI is InChI=1S/C19H16F3NO3/c20-15-10-17(22)16(21)9-13(15)6-7-18(24)23-14(11-26-19(23)25)8-12-4-2-1-3-5-12/h1-5,9-10,14H,6-8,11H2. The molecule has 0 saturated carbocycles. The highest BCUT2D eigenvalue weighted by atomic mass is 19.2. The summed E-state index contributed by atoms with van der Waals surface area (Å²) in [7, 11) is 0. The molecule has 0 N–H and O–H groups in total. The molecular formula is C19H16F3NO3. The number of imide groups is 1. The second-order valence-electron chi connectivity index (χ2n) is 6.04. The number of carbonyl (C=O) groups is 2. The van der Waals surface area contributed by atoms with Crippen molar-refractivity contribution in [2.24, 2.45) is 0 Å². The molecule has 7 heteroatoms. The molecule has 1 heterocycles. The predicted molar refractivity (Wildman–Crippen MR) is 86.8 cm³/mol. The lowest BCUT2D eigenvalue weighted by molar-refractivity contribution is -0.129. The third-order valence-electron chi connectivity index (χ3n) is 4.24. The molecule has 3 rings (SSSR count). The molecule has 1 aliphatic rings. The van der Waals surface area contributed by atoms with E-state index in [0.717, 1.165) is 16.5 Å². The van der Waals surface area contributed by atoms with Gasteiger partial charge in [0.05, 0.1) is 6.04 Å². The van der Waals surface area contributed by atoms with E-state index in [1.54, 1.807) is 0 Å². The summed E-state index contributed by atoms with van der Waals surface area (Å²) < 4.78 is 44.8. The molecule has 1 atom stereocenters. The number of nitrogens with zero attached hydrogens (tertiary/aromatic N) is 1. The molecule has 0 aromatic heterocycles. The number of ether oxygens (including phenoxy) is 1. The zero-order valence-corrected chi connectivity index (χ0v) is 13.8. The molecule has 2 aromatic carbocycles. The van der Waals surface area contributed by atoms with Crippen LogP contribution < -0.4 is 0 Å². The van der Waals surface area contributed by atoms with Crippen molar-refractivity contribution in [1.29, 1.82) is 0 Å². The fraction of sp³-hybridized carbons (Fsp3) is 0.263. The topological polar surface area (TPSA) is 46.6 Å². The molecule has 2 amide bonds. The van der Waals surface area contributed by atoms with Gasteiger partial charge in [0.2, 0.25) is 5.91 Å². The van der Waals surface area contributed by atoms with Gasteiger partial charge in [0.25, 0.3) is 0 Å².